The van der Waals surface area contributed by atoms with E-state index in [4.69, 9.17) is 0 Å². The quantitative estimate of drug-likeness (QED) is 0.621. The summed E-state index contributed by atoms with van der Waals surface area (Å²) in [6.07, 6.45) is 6.34. The molecule has 1 unspecified atom stereocenters. The Morgan fingerprint density at radius 1 is 1.55 bits per heavy atom. The van der Waals surface area contributed by atoms with Gasteiger partial charge in [-0.05, 0) is 42.8 Å². The van der Waals surface area contributed by atoms with Crippen molar-refractivity contribution in [1.29, 1.82) is 0 Å². The summed E-state index contributed by atoms with van der Waals surface area (Å²) in [6.45, 7) is 2.04. The lowest BCUT2D eigenvalue weighted by atomic mass is 9.75. The first-order valence-electron chi connectivity index (χ1n) is 6.19. The maximum atomic E-state index is 11.8. The fourth-order valence-corrected chi connectivity index (χ4v) is 3.50. The number of carbonyl (C=O) groups excluding carboxylic acids is 1. The Morgan fingerprint density at radius 3 is 3.10 bits per heavy atom. The number of amides is 1. The molecule has 20 heavy (non-hydrogen) atoms. The van der Waals surface area contributed by atoms with Crippen molar-refractivity contribution in [2.24, 2.45) is 10.5 Å². The Hall–Kier alpha value is -1.73. The smallest absolute Gasteiger partial charge is 0.277 e. The number of allylic oxidation sites excluding steroid dienone is 4. The number of thioether (sulfide) groups is 1. The fraction of sp³-hybridized carbons (Fsp3) is 0.385. The minimum Gasteiger partial charge on any atom is -0.277 e. The number of hydrogen-bond acceptors (Lipinski definition) is 4. The third-order valence-corrected chi connectivity index (χ3v) is 4.69. The molecule has 3 rings (SSSR count). The Morgan fingerprint density at radius 2 is 2.35 bits per heavy atom. The molecule has 6 nitrogen and oxygen atoms in total. The van der Waals surface area contributed by atoms with E-state index in [0.717, 1.165) is 16.2 Å². The normalized spacial score (nSPS) is 27.8. The molecule has 0 radical (unpaired) electrons. The van der Waals surface area contributed by atoms with Crippen LogP contribution in [0, 0.1) is 10.3 Å². The Labute approximate surface area is 120 Å². The maximum Gasteiger partial charge on any atom is 0.278 e. The van der Waals surface area contributed by atoms with Crippen molar-refractivity contribution in [3.05, 3.63) is 39.2 Å². The van der Waals surface area contributed by atoms with Gasteiger partial charge in [0.1, 0.15) is 5.71 Å². The van der Waals surface area contributed by atoms with Crippen molar-refractivity contribution in [3.63, 3.8) is 0 Å². The van der Waals surface area contributed by atoms with Crippen molar-refractivity contribution < 1.29 is 14.5 Å². The first-order chi connectivity index (χ1) is 9.54. The molecule has 1 aliphatic heterocycles. The zero-order valence-electron chi connectivity index (χ0n) is 11.2. The summed E-state index contributed by atoms with van der Waals surface area (Å²) in [7, 11) is 1.40. The Balaban J connectivity index is 1.97. The van der Waals surface area contributed by atoms with Gasteiger partial charge >= 0.3 is 0 Å². The molecule has 3 aliphatic rings. The highest BCUT2D eigenvalue weighted by molar-refractivity contribution is 8.03. The van der Waals surface area contributed by atoms with Gasteiger partial charge in [0.05, 0.1) is 12.0 Å². The Bertz CT molecular complexity index is 633. The van der Waals surface area contributed by atoms with Gasteiger partial charge < -0.3 is 0 Å². The van der Waals surface area contributed by atoms with Crippen LogP contribution in [-0.4, -0.2) is 29.5 Å². The zero-order chi connectivity index (χ0) is 14.3. The lowest BCUT2D eigenvalue weighted by Gasteiger charge is -2.28. The number of hydroxylamine groups is 1. The Kier molecular flexibility index (Phi) is 3.10. The minimum atomic E-state index is -0.317. The third-order valence-electron chi connectivity index (χ3n) is 3.72. The lowest BCUT2D eigenvalue weighted by Crippen LogP contribution is -2.32. The van der Waals surface area contributed by atoms with Gasteiger partial charge in [0, 0.05) is 21.0 Å². The fourth-order valence-electron chi connectivity index (χ4n) is 2.58. The summed E-state index contributed by atoms with van der Waals surface area (Å²) in [5.41, 5.74) is 4.38. The van der Waals surface area contributed by atoms with Crippen LogP contribution in [0.2, 0.25) is 0 Å². The van der Waals surface area contributed by atoms with Crippen molar-refractivity contribution in [3.8, 4) is 0 Å². The van der Waals surface area contributed by atoms with E-state index in [1.54, 1.807) is 0 Å². The molecule has 0 saturated heterocycles. The molecule has 1 heterocycles. The van der Waals surface area contributed by atoms with Crippen molar-refractivity contribution in [1.82, 2.24) is 5.48 Å². The predicted molar refractivity (Wildman–Crippen MR) is 75.6 cm³/mol. The molecule has 104 valence electrons. The van der Waals surface area contributed by atoms with E-state index in [0.29, 0.717) is 22.7 Å². The third kappa shape index (κ3) is 1.94. The molecular weight excluding hydrogens is 278 g/mol. The van der Waals surface area contributed by atoms with Crippen LogP contribution in [0.1, 0.15) is 13.3 Å². The van der Waals surface area contributed by atoms with Gasteiger partial charge in [-0.2, -0.15) is 0 Å². The first kappa shape index (κ1) is 13.3. The van der Waals surface area contributed by atoms with Crippen LogP contribution in [-0.2, 0) is 9.63 Å². The van der Waals surface area contributed by atoms with Gasteiger partial charge in [0.2, 0.25) is 0 Å². The van der Waals surface area contributed by atoms with E-state index in [1.165, 1.54) is 18.9 Å². The van der Waals surface area contributed by atoms with E-state index in [9.17, 15) is 9.70 Å². The molecule has 1 atom stereocenters. The number of fused-ring (bicyclic) bond motifs is 3. The largest absolute Gasteiger partial charge is 0.278 e. The number of nitrogens with zero attached hydrogens (tertiary/aromatic N) is 2. The second-order valence-corrected chi connectivity index (χ2v) is 6.00. The SMILES string of the molecule is CONC(=O)C1=CCC2(C)C(=C1)C=C1SC[N+](=O)N=C12. The molecule has 1 amide bonds. The first-order valence-corrected chi connectivity index (χ1v) is 7.17. The van der Waals surface area contributed by atoms with Crippen LogP contribution in [0.25, 0.3) is 0 Å². The van der Waals surface area contributed by atoms with Crippen LogP contribution in [0.5, 0.6) is 0 Å². The van der Waals surface area contributed by atoms with Crippen LogP contribution in [0.15, 0.2) is 39.4 Å². The highest BCUT2D eigenvalue weighted by Crippen LogP contribution is 2.49. The van der Waals surface area contributed by atoms with E-state index in [1.807, 2.05) is 25.2 Å². The number of hydrogen-bond donors (Lipinski definition) is 1. The summed E-state index contributed by atoms with van der Waals surface area (Å²) in [5.74, 6) is 0.0405. The number of nitrogens with one attached hydrogen (secondary N) is 1. The minimum absolute atomic E-state index is 0.268. The summed E-state index contributed by atoms with van der Waals surface area (Å²) in [4.78, 5) is 29.6. The number of rotatable bonds is 2. The van der Waals surface area contributed by atoms with E-state index in [2.05, 4.69) is 15.4 Å². The van der Waals surface area contributed by atoms with Gasteiger partial charge in [-0.3, -0.25) is 9.63 Å². The number of nitroso groups, excluding NO2 is 1. The van der Waals surface area contributed by atoms with E-state index >= 15 is 0 Å². The van der Waals surface area contributed by atoms with Crippen LogP contribution >= 0.6 is 11.8 Å². The molecule has 0 aromatic rings. The summed E-state index contributed by atoms with van der Waals surface area (Å²) in [6, 6.07) is 0. The van der Waals surface area contributed by atoms with Crippen LogP contribution < -0.4 is 5.48 Å². The second kappa shape index (κ2) is 4.68. The summed E-state index contributed by atoms with van der Waals surface area (Å²) >= 11 is 1.48. The highest BCUT2D eigenvalue weighted by Gasteiger charge is 2.46. The van der Waals surface area contributed by atoms with Crippen molar-refractivity contribution >= 4 is 23.4 Å². The van der Waals surface area contributed by atoms with E-state index < -0.39 is 0 Å². The summed E-state index contributed by atoms with van der Waals surface area (Å²) < 4.78 is 0. The molecular formula is C13H14N3O3S+. The average molecular weight is 292 g/mol. The maximum absolute atomic E-state index is 11.8. The molecule has 0 aromatic heterocycles. The number of hydrazone groups is 1. The van der Waals surface area contributed by atoms with Crippen molar-refractivity contribution in [2.45, 2.75) is 13.3 Å². The van der Waals surface area contributed by atoms with Gasteiger partial charge in [-0.1, -0.05) is 6.08 Å². The summed E-state index contributed by atoms with van der Waals surface area (Å²) in [5, 5.41) is 4.12. The molecule has 0 fully saturated rings. The molecule has 2 aliphatic carbocycles. The molecule has 1 N–H and O–H groups in total. The molecule has 0 spiro atoms. The predicted octanol–water partition coefficient (Wildman–Crippen LogP) is 1.66. The zero-order valence-corrected chi connectivity index (χ0v) is 12.0. The van der Waals surface area contributed by atoms with Crippen LogP contribution in [0.3, 0.4) is 0 Å². The molecule has 0 aromatic carbocycles. The van der Waals surface area contributed by atoms with Gasteiger partial charge in [-0.25, -0.2) is 5.48 Å². The van der Waals surface area contributed by atoms with Crippen LogP contribution in [0.4, 0.5) is 0 Å². The second-order valence-electron chi connectivity index (χ2n) is 5.01. The van der Waals surface area contributed by atoms with Gasteiger partial charge in [-0.15, -0.1) is 0 Å². The molecule has 0 saturated carbocycles. The molecule has 0 bridgehead atoms. The topological polar surface area (TPSA) is 70.8 Å². The standard InChI is InChI=1S/C13H13N3O3S/c1-13-4-3-8(12(17)15-19-2)5-9(13)6-10-11(13)14-16(18)7-20-10/h3,5-6H,4,7H2,1-2H3/p+1. The molecule has 7 heteroatoms. The number of carbonyl (C=O) groups is 1. The monoisotopic (exact) mass is 292 g/mol. The van der Waals surface area contributed by atoms with Gasteiger partial charge in [0.25, 0.3) is 11.8 Å². The van der Waals surface area contributed by atoms with E-state index in [-0.39, 0.29) is 11.3 Å². The van der Waals surface area contributed by atoms with Crippen molar-refractivity contribution in [2.75, 3.05) is 13.0 Å². The van der Waals surface area contributed by atoms with Gasteiger partial charge in [0.15, 0.2) is 4.87 Å². The lowest BCUT2D eigenvalue weighted by molar-refractivity contribution is -0.535. The average Bonchev–Trinajstić information content (AvgIpc) is 2.71. The highest BCUT2D eigenvalue weighted by atomic mass is 32.2.